The Bertz CT molecular complexity index is 115. The molecule has 78 valence electrons. The molecule has 0 aromatic rings. The fourth-order valence-electron chi connectivity index (χ4n) is 1.46. The molecule has 0 aliphatic carbocycles. The first-order valence-corrected chi connectivity index (χ1v) is 6.76. The van der Waals surface area contributed by atoms with Crippen LogP contribution in [-0.4, -0.2) is 37.7 Å². The second-order valence-corrected chi connectivity index (χ2v) is 4.70. The van der Waals surface area contributed by atoms with Crippen LogP contribution >= 0.6 is 11.8 Å². The molecule has 1 aliphatic rings. The average molecular weight is 202 g/mol. The SMILES string of the molecule is CSCCCCCCNC1CNC1. The third kappa shape index (κ3) is 5.55. The maximum absolute atomic E-state index is 3.54. The summed E-state index contributed by atoms with van der Waals surface area (Å²) in [5, 5.41) is 6.81. The summed E-state index contributed by atoms with van der Waals surface area (Å²) in [6.45, 7) is 3.56. The third-order valence-corrected chi connectivity index (χ3v) is 3.19. The van der Waals surface area contributed by atoms with Crippen molar-refractivity contribution in [1.29, 1.82) is 0 Å². The molecule has 0 amide bonds. The standard InChI is InChI=1S/C10H22N2S/c1-13-7-5-3-2-4-6-12-10-8-11-9-10/h10-12H,2-9H2,1H3. The average Bonchev–Trinajstić information content (AvgIpc) is 2.07. The smallest absolute Gasteiger partial charge is 0.0317 e. The Morgan fingerprint density at radius 2 is 2.00 bits per heavy atom. The summed E-state index contributed by atoms with van der Waals surface area (Å²) >= 11 is 1.96. The molecular formula is C10H22N2S. The zero-order chi connectivity index (χ0) is 9.36. The van der Waals surface area contributed by atoms with E-state index in [2.05, 4.69) is 16.9 Å². The highest BCUT2D eigenvalue weighted by molar-refractivity contribution is 7.98. The highest BCUT2D eigenvalue weighted by Crippen LogP contribution is 2.04. The minimum absolute atomic E-state index is 0.770. The molecule has 2 N–H and O–H groups in total. The van der Waals surface area contributed by atoms with Crippen molar-refractivity contribution in [3.05, 3.63) is 0 Å². The fourth-order valence-corrected chi connectivity index (χ4v) is 1.96. The third-order valence-electron chi connectivity index (χ3n) is 2.49. The lowest BCUT2D eigenvalue weighted by molar-refractivity contribution is 0.363. The summed E-state index contributed by atoms with van der Waals surface area (Å²) in [7, 11) is 0. The van der Waals surface area contributed by atoms with E-state index in [1.165, 1.54) is 51.1 Å². The molecule has 0 aromatic carbocycles. The molecular weight excluding hydrogens is 180 g/mol. The summed E-state index contributed by atoms with van der Waals surface area (Å²) in [6, 6.07) is 0.770. The summed E-state index contributed by atoms with van der Waals surface area (Å²) in [4.78, 5) is 0. The van der Waals surface area contributed by atoms with Crippen molar-refractivity contribution in [2.45, 2.75) is 31.7 Å². The van der Waals surface area contributed by atoms with Crippen molar-refractivity contribution >= 4 is 11.8 Å². The monoisotopic (exact) mass is 202 g/mol. The Balaban J connectivity index is 1.68. The number of nitrogens with one attached hydrogen (secondary N) is 2. The lowest BCUT2D eigenvalue weighted by atomic mass is 10.1. The summed E-state index contributed by atoms with van der Waals surface area (Å²) in [6.07, 6.45) is 7.74. The minimum Gasteiger partial charge on any atom is -0.314 e. The number of hydrogen-bond donors (Lipinski definition) is 2. The van der Waals surface area contributed by atoms with Crippen LogP contribution in [0.15, 0.2) is 0 Å². The van der Waals surface area contributed by atoms with Gasteiger partial charge in [-0.3, -0.25) is 0 Å². The van der Waals surface area contributed by atoms with E-state index >= 15 is 0 Å². The van der Waals surface area contributed by atoms with Crippen LogP contribution in [0.1, 0.15) is 25.7 Å². The number of thioether (sulfide) groups is 1. The molecule has 0 radical (unpaired) electrons. The molecule has 0 aromatic heterocycles. The van der Waals surface area contributed by atoms with Crippen LogP contribution in [0.5, 0.6) is 0 Å². The fraction of sp³-hybridized carbons (Fsp3) is 1.00. The van der Waals surface area contributed by atoms with Crippen molar-refractivity contribution in [1.82, 2.24) is 10.6 Å². The van der Waals surface area contributed by atoms with E-state index in [-0.39, 0.29) is 0 Å². The van der Waals surface area contributed by atoms with E-state index in [0.29, 0.717) is 0 Å². The second-order valence-electron chi connectivity index (χ2n) is 3.72. The first kappa shape index (κ1) is 11.3. The van der Waals surface area contributed by atoms with E-state index in [0.717, 1.165) is 6.04 Å². The molecule has 2 nitrogen and oxygen atoms in total. The van der Waals surface area contributed by atoms with Gasteiger partial charge in [-0.2, -0.15) is 11.8 Å². The quantitative estimate of drug-likeness (QED) is 0.583. The van der Waals surface area contributed by atoms with Gasteiger partial charge < -0.3 is 10.6 Å². The van der Waals surface area contributed by atoms with E-state index in [1.54, 1.807) is 0 Å². The van der Waals surface area contributed by atoms with Gasteiger partial charge in [0.1, 0.15) is 0 Å². The van der Waals surface area contributed by atoms with Crippen molar-refractivity contribution in [2.24, 2.45) is 0 Å². The van der Waals surface area contributed by atoms with Crippen LogP contribution in [0.3, 0.4) is 0 Å². The van der Waals surface area contributed by atoms with Gasteiger partial charge >= 0.3 is 0 Å². The highest BCUT2D eigenvalue weighted by Gasteiger charge is 2.14. The zero-order valence-electron chi connectivity index (χ0n) is 8.64. The molecule has 0 spiro atoms. The van der Waals surface area contributed by atoms with Gasteiger partial charge in [0, 0.05) is 19.1 Å². The highest BCUT2D eigenvalue weighted by atomic mass is 32.2. The molecule has 1 fully saturated rings. The van der Waals surface area contributed by atoms with E-state index in [1.807, 2.05) is 11.8 Å². The van der Waals surface area contributed by atoms with E-state index in [4.69, 9.17) is 0 Å². The predicted octanol–water partition coefficient (Wildman–Crippen LogP) is 1.47. The molecule has 13 heavy (non-hydrogen) atoms. The van der Waals surface area contributed by atoms with Crippen LogP contribution in [0.2, 0.25) is 0 Å². The van der Waals surface area contributed by atoms with Crippen LogP contribution in [0.4, 0.5) is 0 Å². The van der Waals surface area contributed by atoms with Gasteiger partial charge in [0.05, 0.1) is 0 Å². The largest absolute Gasteiger partial charge is 0.314 e. The molecule has 0 atom stereocenters. The van der Waals surface area contributed by atoms with Crippen LogP contribution < -0.4 is 10.6 Å². The first-order chi connectivity index (χ1) is 6.43. The van der Waals surface area contributed by atoms with E-state index in [9.17, 15) is 0 Å². The topological polar surface area (TPSA) is 24.1 Å². The lowest BCUT2D eigenvalue weighted by Crippen LogP contribution is -2.55. The Kier molecular flexibility index (Phi) is 6.68. The Hall–Kier alpha value is 0.270. The van der Waals surface area contributed by atoms with Gasteiger partial charge in [0.2, 0.25) is 0 Å². The molecule has 1 saturated heterocycles. The van der Waals surface area contributed by atoms with Gasteiger partial charge in [-0.05, 0) is 31.4 Å². The molecule has 1 heterocycles. The Morgan fingerprint density at radius 1 is 1.23 bits per heavy atom. The number of unbranched alkanes of at least 4 members (excludes halogenated alkanes) is 3. The Labute approximate surface area is 86.2 Å². The number of hydrogen-bond acceptors (Lipinski definition) is 3. The minimum atomic E-state index is 0.770. The van der Waals surface area contributed by atoms with Gasteiger partial charge in [-0.1, -0.05) is 12.8 Å². The Morgan fingerprint density at radius 3 is 2.62 bits per heavy atom. The van der Waals surface area contributed by atoms with Gasteiger partial charge in [0.15, 0.2) is 0 Å². The molecule has 0 bridgehead atoms. The van der Waals surface area contributed by atoms with Crippen LogP contribution in [-0.2, 0) is 0 Å². The molecule has 0 unspecified atom stereocenters. The van der Waals surface area contributed by atoms with Crippen LogP contribution in [0, 0.1) is 0 Å². The van der Waals surface area contributed by atoms with Crippen molar-refractivity contribution in [3.63, 3.8) is 0 Å². The normalized spacial score (nSPS) is 17.3. The maximum Gasteiger partial charge on any atom is 0.0317 e. The van der Waals surface area contributed by atoms with E-state index < -0.39 is 0 Å². The molecule has 3 heteroatoms. The van der Waals surface area contributed by atoms with Gasteiger partial charge in [-0.25, -0.2) is 0 Å². The van der Waals surface area contributed by atoms with Crippen molar-refractivity contribution in [3.8, 4) is 0 Å². The molecule has 1 aliphatic heterocycles. The number of rotatable bonds is 8. The summed E-state index contributed by atoms with van der Waals surface area (Å²) < 4.78 is 0. The van der Waals surface area contributed by atoms with Crippen LogP contribution in [0.25, 0.3) is 0 Å². The second kappa shape index (κ2) is 7.65. The van der Waals surface area contributed by atoms with Gasteiger partial charge in [0.25, 0.3) is 0 Å². The first-order valence-electron chi connectivity index (χ1n) is 5.36. The molecule has 0 saturated carbocycles. The summed E-state index contributed by atoms with van der Waals surface area (Å²) in [5.41, 5.74) is 0. The summed E-state index contributed by atoms with van der Waals surface area (Å²) in [5.74, 6) is 1.33. The lowest BCUT2D eigenvalue weighted by Gasteiger charge is -2.28. The zero-order valence-corrected chi connectivity index (χ0v) is 9.46. The maximum atomic E-state index is 3.54. The van der Waals surface area contributed by atoms with Gasteiger partial charge in [-0.15, -0.1) is 0 Å². The molecule has 1 rings (SSSR count). The predicted molar refractivity (Wildman–Crippen MR) is 61.5 cm³/mol. The van der Waals surface area contributed by atoms with Crippen molar-refractivity contribution in [2.75, 3.05) is 31.6 Å². The van der Waals surface area contributed by atoms with Crippen molar-refractivity contribution < 1.29 is 0 Å².